The van der Waals surface area contributed by atoms with Crippen molar-refractivity contribution in [1.82, 2.24) is 10.6 Å². The molecular formula is C16H19BrN2O5. The average Bonchev–Trinajstić information content (AvgIpc) is 2.56. The molecule has 0 aliphatic rings. The van der Waals surface area contributed by atoms with Crippen LogP contribution in [0.2, 0.25) is 0 Å². The zero-order chi connectivity index (χ0) is 17.9. The Morgan fingerprint density at radius 3 is 2.38 bits per heavy atom. The number of rotatable bonds is 8. The third kappa shape index (κ3) is 7.87. The van der Waals surface area contributed by atoms with E-state index in [0.717, 1.165) is 10.9 Å². The highest BCUT2D eigenvalue weighted by atomic mass is 79.9. The van der Waals surface area contributed by atoms with E-state index in [1.165, 1.54) is 0 Å². The topological polar surface area (TPSA) is 102 Å². The molecule has 0 heterocycles. The third-order valence-electron chi connectivity index (χ3n) is 2.88. The van der Waals surface area contributed by atoms with Gasteiger partial charge in [0.15, 0.2) is 12.4 Å². The van der Waals surface area contributed by atoms with Gasteiger partial charge in [-0.3, -0.25) is 19.7 Å². The zero-order valence-electron chi connectivity index (χ0n) is 13.3. The predicted molar refractivity (Wildman–Crippen MR) is 90.5 cm³/mol. The van der Waals surface area contributed by atoms with Crippen LogP contribution in [0.25, 0.3) is 0 Å². The van der Waals surface area contributed by atoms with Crippen molar-refractivity contribution in [3.8, 4) is 0 Å². The van der Waals surface area contributed by atoms with Crippen LogP contribution < -0.4 is 10.6 Å². The molecule has 130 valence electrons. The molecule has 0 aliphatic carbocycles. The predicted octanol–water partition coefficient (Wildman–Crippen LogP) is 2.19. The molecule has 0 atom stereocenters. The minimum atomic E-state index is -0.726. The van der Waals surface area contributed by atoms with E-state index in [4.69, 9.17) is 4.74 Å². The maximum atomic E-state index is 11.9. The van der Waals surface area contributed by atoms with E-state index in [1.54, 1.807) is 24.3 Å². The van der Waals surface area contributed by atoms with E-state index in [0.29, 0.717) is 12.1 Å². The lowest BCUT2D eigenvalue weighted by atomic mass is 10.1. The number of hydrogen-bond acceptors (Lipinski definition) is 5. The van der Waals surface area contributed by atoms with Gasteiger partial charge in [-0.15, -0.1) is 0 Å². The second-order valence-corrected chi connectivity index (χ2v) is 5.81. The number of imide groups is 1. The fourth-order valence-corrected chi connectivity index (χ4v) is 1.92. The van der Waals surface area contributed by atoms with E-state index < -0.39 is 24.5 Å². The highest BCUT2D eigenvalue weighted by Gasteiger charge is 2.13. The summed E-state index contributed by atoms with van der Waals surface area (Å²) in [5.41, 5.74) is 0.497. The number of carbonyl (C=O) groups is 4. The Morgan fingerprint density at radius 2 is 1.75 bits per heavy atom. The van der Waals surface area contributed by atoms with Gasteiger partial charge in [0.2, 0.25) is 0 Å². The molecule has 0 radical (unpaired) electrons. The second-order valence-electron chi connectivity index (χ2n) is 4.89. The van der Waals surface area contributed by atoms with Gasteiger partial charge < -0.3 is 10.1 Å². The number of carbonyl (C=O) groups excluding carboxylic acids is 4. The summed E-state index contributed by atoms with van der Waals surface area (Å²) in [4.78, 5) is 46.0. The lowest BCUT2D eigenvalue weighted by Crippen LogP contribution is -2.41. The quantitative estimate of drug-likeness (QED) is 0.516. The van der Waals surface area contributed by atoms with Gasteiger partial charge in [0.1, 0.15) is 0 Å². The monoisotopic (exact) mass is 398 g/mol. The Morgan fingerprint density at radius 1 is 1.08 bits per heavy atom. The van der Waals surface area contributed by atoms with Crippen molar-refractivity contribution in [2.45, 2.75) is 26.2 Å². The fourth-order valence-electron chi connectivity index (χ4n) is 1.66. The highest BCUT2D eigenvalue weighted by molar-refractivity contribution is 9.10. The summed E-state index contributed by atoms with van der Waals surface area (Å²) in [6.07, 6.45) is 0.590. The van der Waals surface area contributed by atoms with Crippen molar-refractivity contribution in [3.05, 3.63) is 34.3 Å². The minimum absolute atomic E-state index is 0.0148. The number of urea groups is 1. The van der Waals surface area contributed by atoms with Crippen LogP contribution in [0, 0.1) is 0 Å². The first-order chi connectivity index (χ1) is 11.4. The summed E-state index contributed by atoms with van der Waals surface area (Å²) in [5, 5.41) is 4.48. The minimum Gasteiger partial charge on any atom is -0.456 e. The Kier molecular flexibility index (Phi) is 8.70. The molecule has 1 aromatic carbocycles. The summed E-state index contributed by atoms with van der Waals surface area (Å²) < 4.78 is 5.58. The van der Waals surface area contributed by atoms with Crippen LogP contribution in [-0.2, 0) is 14.3 Å². The fraction of sp³-hybridized carbons (Fsp3) is 0.375. The highest BCUT2D eigenvalue weighted by Crippen LogP contribution is 2.12. The van der Waals surface area contributed by atoms with Crippen molar-refractivity contribution < 1.29 is 23.9 Å². The van der Waals surface area contributed by atoms with Crippen LogP contribution in [0.4, 0.5) is 4.79 Å². The molecule has 0 fully saturated rings. The molecule has 0 unspecified atom stereocenters. The molecule has 0 bridgehead atoms. The number of Topliss-reactive ketones (excluding diaryl/α,β-unsaturated/α-hetero) is 1. The molecule has 0 aromatic heterocycles. The molecule has 0 saturated heterocycles. The van der Waals surface area contributed by atoms with Crippen molar-refractivity contribution in [2.75, 3.05) is 13.2 Å². The Balaban J connectivity index is 2.26. The van der Waals surface area contributed by atoms with Gasteiger partial charge in [-0.2, -0.15) is 0 Å². The van der Waals surface area contributed by atoms with Gasteiger partial charge in [0.05, 0.1) is 6.42 Å². The summed E-state index contributed by atoms with van der Waals surface area (Å²) in [6.45, 7) is 1.75. The van der Waals surface area contributed by atoms with Gasteiger partial charge in [-0.05, 0) is 18.6 Å². The lowest BCUT2D eigenvalue weighted by Gasteiger charge is -2.06. The number of esters is 1. The smallest absolute Gasteiger partial charge is 0.321 e. The average molecular weight is 399 g/mol. The first-order valence-corrected chi connectivity index (χ1v) is 8.23. The maximum Gasteiger partial charge on any atom is 0.321 e. The van der Waals surface area contributed by atoms with Crippen LogP contribution in [-0.4, -0.2) is 36.8 Å². The standard InChI is InChI=1S/C16H19BrN2O5/c1-2-9-18-16(23)19-14(21)10-24-15(22)8-7-13(20)11-3-5-12(17)6-4-11/h3-6H,2,7-10H2,1H3,(H2,18,19,21,23). The number of ether oxygens (including phenoxy) is 1. The number of nitrogens with one attached hydrogen (secondary N) is 2. The number of amides is 3. The number of benzene rings is 1. The Bertz CT molecular complexity index is 601. The largest absolute Gasteiger partial charge is 0.456 e. The number of ketones is 1. The normalized spacial score (nSPS) is 9.92. The van der Waals surface area contributed by atoms with Gasteiger partial charge in [0.25, 0.3) is 5.91 Å². The third-order valence-corrected chi connectivity index (χ3v) is 3.40. The van der Waals surface area contributed by atoms with Crippen molar-refractivity contribution >= 4 is 39.6 Å². The lowest BCUT2D eigenvalue weighted by molar-refractivity contribution is -0.148. The first kappa shape index (κ1) is 19.8. The summed E-state index contributed by atoms with van der Waals surface area (Å²) in [7, 11) is 0. The molecule has 24 heavy (non-hydrogen) atoms. The molecule has 0 aliphatic heterocycles. The molecule has 2 N–H and O–H groups in total. The molecule has 0 saturated carbocycles. The van der Waals surface area contributed by atoms with E-state index in [1.807, 2.05) is 12.2 Å². The first-order valence-electron chi connectivity index (χ1n) is 7.44. The summed E-state index contributed by atoms with van der Waals surface area (Å²) in [6, 6.07) is 6.14. The van der Waals surface area contributed by atoms with Crippen LogP contribution in [0.3, 0.4) is 0 Å². The van der Waals surface area contributed by atoms with Crippen molar-refractivity contribution in [1.29, 1.82) is 0 Å². The summed E-state index contributed by atoms with van der Waals surface area (Å²) in [5.74, 6) is -1.59. The zero-order valence-corrected chi connectivity index (χ0v) is 14.9. The number of halogens is 1. The van der Waals surface area contributed by atoms with Gasteiger partial charge >= 0.3 is 12.0 Å². The Labute approximate surface area is 148 Å². The van der Waals surface area contributed by atoms with Gasteiger partial charge in [-0.1, -0.05) is 35.0 Å². The number of hydrogen-bond donors (Lipinski definition) is 2. The molecule has 0 spiro atoms. The molecular weight excluding hydrogens is 380 g/mol. The van der Waals surface area contributed by atoms with Crippen molar-refractivity contribution in [2.24, 2.45) is 0 Å². The molecule has 1 aromatic rings. The second kappa shape index (κ2) is 10.5. The van der Waals surface area contributed by atoms with Crippen LogP contribution in [0.1, 0.15) is 36.5 Å². The van der Waals surface area contributed by atoms with Crippen molar-refractivity contribution in [3.63, 3.8) is 0 Å². The van der Waals surface area contributed by atoms with Crippen LogP contribution in [0.5, 0.6) is 0 Å². The SMILES string of the molecule is CCCNC(=O)NC(=O)COC(=O)CCC(=O)c1ccc(Br)cc1. The van der Waals surface area contributed by atoms with E-state index in [-0.39, 0.29) is 18.6 Å². The Hall–Kier alpha value is -2.22. The van der Waals surface area contributed by atoms with Gasteiger partial charge in [-0.25, -0.2) is 4.79 Å². The molecule has 8 heteroatoms. The van der Waals surface area contributed by atoms with E-state index in [2.05, 4.69) is 21.2 Å². The van der Waals surface area contributed by atoms with Gasteiger partial charge in [0, 0.05) is 23.0 Å². The van der Waals surface area contributed by atoms with Crippen LogP contribution in [0.15, 0.2) is 28.7 Å². The molecule has 3 amide bonds. The molecule has 1 rings (SSSR count). The van der Waals surface area contributed by atoms with E-state index in [9.17, 15) is 19.2 Å². The summed E-state index contributed by atoms with van der Waals surface area (Å²) >= 11 is 3.27. The molecule has 7 nitrogen and oxygen atoms in total. The van der Waals surface area contributed by atoms with Crippen LogP contribution >= 0.6 is 15.9 Å². The van der Waals surface area contributed by atoms with E-state index >= 15 is 0 Å². The maximum absolute atomic E-state index is 11.9.